The van der Waals surface area contributed by atoms with E-state index in [0.717, 1.165) is 63.4 Å². The molecule has 0 bridgehead atoms. The zero-order valence-corrected chi connectivity index (χ0v) is 18.8. The fraction of sp³-hybridized carbons (Fsp3) is 0.571. The molecule has 3 rings (SSSR count). The SMILES string of the molecule is C=C(C)CN1CCC(NC(=NC)NCC2(c3cccc(F)c3)CC2)CC1.I. The second-order valence-corrected chi connectivity index (χ2v) is 7.87. The average Bonchev–Trinajstić information content (AvgIpc) is 3.41. The van der Waals surface area contributed by atoms with E-state index in [1.165, 1.54) is 11.6 Å². The molecule has 27 heavy (non-hydrogen) atoms. The van der Waals surface area contributed by atoms with E-state index in [4.69, 9.17) is 0 Å². The average molecular weight is 486 g/mol. The number of hydrogen-bond acceptors (Lipinski definition) is 2. The summed E-state index contributed by atoms with van der Waals surface area (Å²) in [4.78, 5) is 6.84. The van der Waals surface area contributed by atoms with Crippen LogP contribution in [-0.4, -0.2) is 50.1 Å². The zero-order valence-electron chi connectivity index (χ0n) is 16.4. The van der Waals surface area contributed by atoms with E-state index in [1.807, 2.05) is 13.1 Å². The summed E-state index contributed by atoms with van der Waals surface area (Å²) in [7, 11) is 1.81. The van der Waals surface area contributed by atoms with E-state index in [1.54, 1.807) is 12.1 Å². The first-order valence-corrected chi connectivity index (χ1v) is 9.61. The molecule has 1 saturated carbocycles. The van der Waals surface area contributed by atoms with Gasteiger partial charge in [-0.05, 0) is 50.3 Å². The number of guanidine groups is 1. The van der Waals surface area contributed by atoms with Gasteiger partial charge in [0.25, 0.3) is 0 Å². The van der Waals surface area contributed by atoms with Crippen LogP contribution >= 0.6 is 24.0 Å². The number of benzene rings is 1. The summed E-state index contributed by atoms with van der Waals surface area (Å²) in [6.45, 7) is 10.1. The highest BCUT2D eigenvalue weighted by Gasteiger charge is 2.44. The van der Waals surface area contributed by atoms with Crippen molar-refractivity contribution in [2.24, 2.45) is 4.99 Å². The van der Waals surface area contributed by atoms with Gasteiger partial charge in [0.1, 0.15) is 5.82 Å². The predicted octanol–water partition coefficient (Wildman–Crippen LogP) is 3.68. The number of nitrogens with one attached hydrogen (secondary N) is 2. The molecular weight excluding hydrogens is 454 g/mol. The van der Waals surface area contributed by atoms with Gasteiger partial charge in [0, 0.05) is 44.7 Å². The van der Waals surface area contributed by atoms with Gasteiger partial charge in [-0.3, -0.25) is 9.89 Å². The minimum Gasteiger partial charge on any atom is -0.356 e. The molecule has 1 aromatic carbocycles. The minimum absolute atomic E-state index is 0. The van der Waals surface area contributed by atoms with Gasteiger partial charge < -0.3 is 10.6 Å². The molecule has 0 atom stereocenters. The van der Waals surface area contributed by atoms with Gasteiger partial charge in [-0.2, -0.15) is 0 Å². The number of halogens is 2. The van der Waals surface area contributed by atoms with Crippen LogP contribution in [0.25, 0.3) is 0 Å². The van der Waals surface area contributed by atoms with Crippen molar-refractivity contribution in [1.29, 1.82) is 0 Å². The van der Waals surface area contributed by atoms with E-state index in [0.29, 0.717) is 6.04 Å². The molecule has 4 nitrogen and oxygen atoms in total. The molecule has 2 aliphatic rings. The van der Waals surface area contributed by atoms with E-state index in [9.17, 15) is 4.39 Å². The standard InChI is InChI=1S/C21H31FN4.HI/c1-16(2)14-26-11-7-19(8-12-26)25-20(23-3)24-15-21(9-10-21)17-5-4-6-18(22)13-17;/h4-6,13,19H,1,7-12,14-15H2,2-3H3,(H2,23,24,25);1H. The van der Waals surface area contributed by atoms with Crippen molar-refractivity contribution in [3.8, 4) is 0 Å². The van der Waals surface area contributed by atoms with Crippen LogP contribution in [0, 0.1) is 5.82 Å². The Hall–Kier alpha value is -1.15. The maximum atomic E-state index is 13.5. The maximum absolute atomic E-state index is 13.5. The van der Waals surface area contributed by atoms with Crippen LogP contribution in [-0.2, 0) is 5.41 Å². The highest BCUT2D eigenvalue weighted by Crippen LogP contribution is 2.47. The van der Waals surface area contributed by atoms with E-state index >= 15 is 0 Å². The highest BCUT2D eigenvalue weighted by molar-refractivity contribution is 14.0. The molecule has 2 N–H and O–H groups in total. The molecule has 0 amide bonds. The molecule has 1 aliphatic carbocycles. The van der Waals surface area contributed by atoms with E-state index in [-0.39, 0.29) is 35.2 Å². The van der Waals surface area contributed by atoms with Crippen molar-refractivity contribution in [2.45, 2.75) is 44.1 Å². The van der Waals surface area contributed by atoms with Gasteiger partial charge in [0.05, 0.1) is 0 Å². The maximum Gasteiger partial charge on any atom is 0.191 e. The number of aliphatic imine (C=N–C) groups is 1. The van der Waals surface area contributed by atoms with Crippen molar-refractivity contribution in [2.75, 3.05) is 33.2 Å². The molecular formula is C21H32FIN4. The first-order chi connectivity index (χ1) is 12.5. The number of nitrogens with zero attached hydrogens (tertiary/aromatic N) is 2. The Bertz CT molecular complexity index is 664. The van der Waals surface area contributed by atoms with E-state index in [2.05, 4.69) is 34.0 Å². The van der Waals surface area contributed by atoms with Gasteiger partial charge >= 0.3 is 0 Å². The molecule has 0 radical (unpaired) electrons. The first-order valence-electron chi connectivity index (χ1n) is 9.61. The highest BCUT2D eigenvalue weighted by atomic mass is 127. The largest absolute Gasteiger partial charge is 0.356 e. The molecule has 0 unspecified atom stereocenters. The Balaban J connectivity index is 0.00000261. The molecule has 0 spiro atoms. The van der Waals surface area contributed by atoms with Crippen LogP contribution in [0.1, 0.15) is 38.2 Å². The molecule has 150 valence electrons. The molecule has 2 fully saturated rings. The zero-order chi connectivity index (χ0) is 18.6. The van der Waals surface area contributed by atoms with Gasteiger partial charge in [-0.1, -0.05) is 24.3 Å². The van der Waals surface area contributed by atoms with Gasteiger partial charge in [-0.25, -0.2) is 4.39 Å². The van der Waals surface area contributed by atoms with Crippen LogP contribution in [0.2, 0.25) is 0 Å². The quantitative estimate of drug-likeness (QED) is 0.279. The monoisotopic (exact) mass is 486 g/mol. The number of rotatable bonds is 6. The topological polar surface area (TPSA) is 39.7 Å². The number of likely N-dealkylation sites (tertiary alicyclic amines) is 1. The summed E-state index contributed by atoms with van der Waals surface area (Å²) in [5.74, 6) is 0.698. The van der Waals surface area contributed by atoms with Crippen LogP contribution < -0.4 is 10.6 Å². The number of hydrogen-bond donors (Lipinski definition) is 2. The fourth-order valence-electron chi connectivity index (χ4n) is 3.79. The Labute approximate surface area is 179 Å². The lowest BCUT2D eigenvalue weighted by Crippen LogP contribution is -2.50. The molecule has 0 aromatic heterocycles. The van der Waals surface area contributed by atoms with Crippen molar-refractivity contribution < 1.29 is 4.39 Å². The second kappa shape index (κ2) is 9.87. The Morgan fingerprint density at radius 2 is 2.04 bits per heavy atom. The van der Waals surface area contributed by atoms with Crippen LogP contribution in [0.4, 0.5) is 4.39 Å². The van der Waals surface area contributed by atoms with Gasteiger partial charge in [0.15, 0.2) is 5.96 Å². The predicted molar refractivity (Wildman–Crippen MR) is 122 cm³/mol. The third-order valence-electron chi connectivity index (χ3n) is 5.53. The van der Waals surface area contributed by atoms with Crippen molar-refractivity contribution in [1.82, 2.24) is 15.5 Å². The third-order valence-corrected chi connectivity index (χ3v) is 5.53. The van der Waals surface area contributed by atoms with E-state index < -0.39 is 0 Å². The summed E-state index contributed by atoms with van der Waals surface area (Å²) in [5, 5.41) is 7.03. The van der Waals surface area contributed by atoms with Crippen LogP contribution in [0.15, 0.2) is 41.4 Å². The van der Waals surface area contributed by atoms with Crippen LogP contribution in [0.3, 0.4) is 0 Å². The normalized spacial score (nSPS) is 19.9. The molecule has 6 heteroatoms. The lowest BCUT2D eigenvalue weighted by Gasteiger charge is -2.33. The van der Waals surface area contributed by atoms with Gasteiger partial charge in [0.2, 0.25) is 0 Å². The summed E-state index contributed by atoms with van der Waals surface area (Å²) in [6.07, 6.45) is 4.42. The Morgan fingerprint density at radius 3 is 2.59 bits per heavy atom. The molecule has 1 aliphatic heterocycles. The van der Waals surface area contributed by atoms with Crippen molar-refractivity contribution >= 4 is 29.9 Å². The molecule has 1 aromatic rings. The second-order valence-electron chi connectivity index (χ2n) is 7.87. The number of piperidine rings is 1. The Kier molecular flexibility index (Phi) is 8.09. The van der Waals surface area contributed by atoms with Gasteiger partial charge in [-0.15, -0.1) is 24.0 Å². The third kappa shape index (κ3) is 6.17. The lowest BCUT2D eigenvalue weighted by atomic mass is 9.96. The first kappa shape index (κ1) is 22.1. The molecule has 1 saturated heterocycles. The fourth-order valence-corrected chi connectivity index (χ4v) is 3.79. The minimum atomic E-state index is -0.155. The smallest absolute Gasteiger partial charge is 0.191 e. The summed E-state index contributed by atoms with van der Waals surface area (Å²) in [5.41, 5.74) is 2.37. The van der Waals surface area contributed by atoms with Crippen molar-refractivity contribution in [3.05, 3.63) is 47.8 Å². The lowest BCUT2D eigenvalue weighted by molar-refractivity contribution is 0.221. The molecule has 1 heterocycles. The summed E-state index contributed by atoms with van der Waals surface area (Å²) >= 11 is 0. The Morgan fingerprint density at radius 1 is 1.33 bits per heavy atom. The summed E-state index contributed by atoms with van der Waals surface area (Å²) in [6, 6.07) is 7.46. The summed E-state index contributed by atoms with van der Waals surface area (Å²) < 4.78 is 13.5. The van der Waals surface area contributed by atoms with Crippen molar-refractivity contribution in [3.63, 3.8) is 0 Å². The van der Waals surface area contributed by atoms with Crippen LogP contribution in [0.5, 0.6) is 0 Å².